The van der Waals surface area contributed by atoms with Gasteiger partial charge < -0.3 is 64.9 Å². The molecule has 4 aliphatic heterocycles. The number of epoxide rings is 1. The molecule has 4 bridgehead atoms. The van der Waals surface area contributed by atoms with Crippen molar-refractivity contribution in [2.45, 2.75) is 161 Å². The molecule has 3 saturated heterocycles. The predicted molar refractivity (Wildman–Crippen MR) is 328 cm³/mol. The number of allylic oxidation sites excluding steroid dienone is 3. The number of ether oxygens (including phenoxy) is 6. The first-order valence-corrected chi connectivity index (χ1v) is 30.4. The number of primary amides is 1. The zero-order chi connectivity index (χ0) is 64.6. The second-order valence-corrected chi connectivity index (χ2v) is 24.3. The summed E-state index contributed by atoms with van der Waals surface area (Å²) in [6, 6.07) is 7.00. The zero-order valence-electron chi connectivity index (χ0n) is 51.5. The zero-order valence-corrected chi connectivity index (χ0v) is 53.1. The molecule has 88 heavy (non-hydrogen) atoms. The lowest BCUT2D eigenvalue weighted by molar-refractivity contribution is -0.198. The molecule has 482 valence electrons. The lowest BCUT2D eigenvalue weighted by atomic mass is 9.78. The number of esters is 1. The van der Waals surface area contributed by atoms with Gasteiger partial charge in [0.2, 0.25) is 11.8 Å². The van der Waals surface area contributed by atoms with Gasteiger partial charge in [0.25, 0.3) is 11.8 Å². The van der Waals surface area contributed by atoms with E-state index in [0.29, 0.717) is 57.0 Å². The van der Waals surface area contributed by atoms with E-state index in [-0.39, 0.29) is 102 Å². The van der Waals surface area contributed by atoms with Crippen molar-refractivity contribution < 1.29 is 81.5 Å². The van der Waals surface area contributed by atoms with Crippen molar-refractivity contribution in [3.8, 4) is 0 Å². The summed E-state index contributed by atoms with van der Waals surface area (Å²) < 4.78 is 35.1. The predicted octanol–water partition coefficient (Wildman–Crippen LogP) is 5.89. The Kier molecular flexibility index (Phi) is 25.6. The molecule has 3 fully saturated rings. The number of aryl methyl sites for hydroxylation is 2. The van der Waals surface area contributed by atoms with Crippen LogP contribution in [-0.2, 0) is 79.7 Å². The molecule has 0 radical (unpaired) electrons. The maximum atomic E-state index is 14.4. The Hall–Kier alpha value is -6.87. The molecule has 4 aliphatic rings. The second kappa shape index (κ2) is 32.0. The fourth-order valence-corrected chi connectivity index (χ4v) is 11.5. The second-order valence-electron chi connectivity index (χ2n) is 23.5. The van der Waals surface area contributed by atoms with Crippen molar-refractivity contribution >= 4 is 93.7 Å². The van der Waals surface area contributed by atoms with Gasteiger partial charge in [0, 0.05) is 76.9 Å². The van der Waals surface area contributed by atoms with Crippen LogP contribution in [0.3, 0.4) is 0 Å². The number of ketones is 1. The highest BCUT2D eigenvalue weighted by atomic mass is 35.5. The van der Waals surface area contributed by atoms with Gasteiger partial charge in [-0.2, -0.15) is 0 Å². The van der Waals surface area contributed by atoms with Gasteiger partial charge in [-0.15, -0.1) is 5.06 Å². The minimum absolute atomic E-state index is 0.000791. The number of hydrogen-bond acceptors (Lipinski definition) is 18. The number of rotatable bonds is 25. The van der Waals surface area contributed by atoms with E-state index in [4.69, 9.17) is 62.8 Å². The van der Waals surface area contributed by atoms with E-state index in [0.717, 1.165) is 16.7 Å². The number of carbonyl (C=O) groups is 9. The number of aliphatic hydroxyl groups is 1. The number of hydrogen-bond donors (Lipinski definition) is 6. The molecular weight excluding hydrogens is 1180 g/mol. The van der Waals surface area contributed by atoms with Crippen molar-refractivity contribution in [1.82, 2.24) is 21.0 Å². The molecule has 4 heterocycles. The van der Waals surface area contributed by atoms with Crippen molar-refractivity contribution in [2.24, 2.45) is 23.5 Å². The molecule has 2 aromatic carbocycles. The van der Waals surface area contributed by atoms with Crippen molar-refractivity contribution in [2.75, 3.05) is 63.9 Å². The number of nitrogens with two attached hydrogens (primary N) is 1. The molecule has 7 N–H and O–H groups in total. The average molecular weight is 1270 g/mol. The number of benzene rings is 2. The smallest absolute Gasteiger partial charge is 0.412 e. The molecule has 0 saturated carbocycles. The van der Waals surface area contributed by atoms with Crippen molar-refractivity contribution in [1.29, 1.82) is 0 Å². The molecule has 24 nitrogen and oxygen atoms in total. The lowest BCUT2D eigenvalue weighted by Gasteiger charge is -2.41. The number of methoxy groups -OCH3 is 1. The van der Waals surface area contributed by atoms with Gasteiger partial charge in [0.15, 0.2) is 5.78 Å². The summed E-state index contributed by atoms with van der Waals surface area (Å²) >= 11 is 12.5. The fourth-order valence-electron chi connectivity index (χ4n) is 11.0. The van der Waals surface area contributed by atoms with E-state index in [2.05, 4.69) is 21.3 Å². The number of amides is 7. The van der Waals surface area contributed by atoms with Crippen LogP contribution in [0, 0.1) is 31.6 Å². The van der Waals surface area contributed by atoms with Crippen LogP contribution >= 0.6 is 23.8 Å². The Bertz CT molecular complexity index is 2980. The molecule has 9 atom stereocenters. The first-order valence-electron chi connectivity index (χ1n) is 29.6. The van der Waals surface area contributed by atoms with Gasteiger partial charge in [0.1, 0.15) is 29.5 Å². The number of carbonyl (C=O) groups excluding carboxylic acids is 9. The number of fused-ring (bicyclic) bond motifs is 5. The molecule has 0 aliphatic carbocycles. The summed E-state index contributed by atoms with van der Waals surface area (Å²) in [4.78, 5) is 123. The summed E-state index contributed by atoms with van der Waals surface area (Å²) in [5, 5.41) is 24.2. The SMILES string of the molecule is CO[C@@H]1/C=C/C=C(\C)Cc2cc(C)c(Cl)c(c2)N(C)C(=O)C[C@H](OC(=O)Nc2ccc(CC(=O)[C@H](CCCNC(N)=O)NC(=O)[C@@H](CC(=S)NCCOCCOCCC(=O)ON3C(=O)CCC3=O)C(C)C)c(C)c2)[C@]2(C)O[C@H]2[C@H](C)[C@@H]2C[C@@]1(O)CC(=O)O2. The molecule has 26 heteroatoms. The quantitative estimate of drug-likeness (QED) is 0.0222. The van der Waals surface area contributed by atoms with Crippen LogP contribution in [0.2, 0.25) is 5.02 Å². The third kappa shape index (κ3) is 19.6. The standard InChI is InChI=1S/C62H84ClN7O17S/c1-35(2)43(31-50(88)65-21-23-83-25-24-82-22-19-54(75)87-70-51(72)17-18-52(70)73)58(77)68-44(13-11-20-66-59(64)78)46(71)30-41-15-16-42(28-37(41)4)67-60(79)85-49-32-53(74)69(8)45-29-40(27-38(5)56(45)63)26-36(3)12-10-14-48(81-9)62(80)33-47(84-55(76)34-62)39(6)57-61(49,7)86-57/h10,12,14-16,27-29,35,39,43-44,47-49,57,80H,11,13,17-26,30-34H2,1-9H3,(H,65,88)(H,67,79)(H,68,77)(H3,64,66,78)/b14-10+,36-12+/t39-,43+,44+,47+,48-,49+,57+,61+,62-/m1/s1. The number of nitrogens with one attached hydrogen (secondary N) is 4. The Morgan fingerprint density at radius 2 is 1.65 bits per heavy atom. The van der Waals surface area contributed by atoms with Crippen LogP contribution in [-0.4, -0.2) is 164 Å². The van der Waals surface area contributed by atoms with Crippen LogP contribution in [0.4, 0.5) is 21.0 Å². The minimum atomic E-state index is -1.63. The maximum absolute atomic E-state index is 14.4. The minimum Gasteiger partial charge on any atom is -0.462 e. The third-order valence-electron chi connectivity index (χ3n) is 16.2. The topological polar surface area (TPSA) is 322 Å². The number of hydroxylamine groups is 2. The van der Waals surface area contributed by atoms with E-state index in [1.54, 1.807) is 58.2 Å². The monoisotopic (exact) mass is 1270 g/mol. The summed E-state index contributed by atoms with van der Waals surface area (Å²) in [5.41, 5.74) is 6.96. The number of nitrogens with zero attached hydrogens (tertiary/aromatic N) is 2. The van der Waals surface area contributed by atoms with Gasteiger partial charge in [-0.05, 0) is 93.3 Å². The molecule has 0 unspecified atom stereocenters. The molecule has 0 spiro atoms. The summed E-state index contributed by atoms with van der Waals surface area (Å²) in [7, 11) is 3.05. The maximum Gasteiger partial charge on any atom is 0.412 e. The van der Waals surface area contributed by atoms with E-state index in [9.17, 15) is 48.3 Å². The Morgan fingerprint density at radius 3 is 2.32 bits per heavy atom. The average Bonchev–Trinajstić information content (AvgIpc) is 1.64. The highest BCUT2D eigenvalue weighted by molar-refractivity contribution is 7.80. The van der Waals surface area contributed by atoms with E-state index >= 15 is 0 Å². The summed E-state index contributed by atoms with van der Waals surface area (Å²) in [6.45, 7) is 13.9. The Labute approximate surface area is 523 Å². The van der Waals surface area contributed by atoms with Crippen LogP contribution in [0.15, 0.2) is 54.1 Å². The normalized spacial score (nSPS) is 24.7. The van der Waals surface area contributed by atoms with Crippen LogP contribution in [0.5, 0.6) is 0 Å². The van der Waals surface area contributed by atoms with Gasteiger partial charge in [-0.25, -0.2) is 14.4 Å². The molecule has 2 aromatic rings. The van der Waals surface area contributed by atoms with Gasteiger partial charge >= 0.3 is 24.1 Å². The van der Waals surface area contributed by atoms with Crippen LogP contribution in [0.1, 0.15) is 115 Å². The van der Waals surface area contributed by atoms with Gasteiger partial charge in [-0.1, -0.05) is 80.5 Å². The largest absolute Gasteiger partial charge is 0.462 e. The van der Waals surface area contributed by atoms with Gasteiger partial charge in [-0.3, -0.25) is 34.1 Å². The molecule has 0 aromatic heterocycles. The molecule has 6 rings (SSSR count). The number of urea groups is 1. The molecule has 7 amide bonds. The highest BCUT2D eigenvalue weighted by Gasteiger charge is 2.64. The van der Waals surface area contributed by atoms with E-state index in [1.807, 2.05) is 45.9 Å². The number of thiocarbonyl (C=S) groups is 1. The van der Waals surface area contributed by atoms with Crippen molar-refractivity contribution in [3.63, 3.8) is 0 Å². The highest BCUT2D eigenvalue weighted by Crippen LogP contribution is 2.50. The number of anilines is 2. The number of halogens is 1. The third-order valence-corrected chi connectivity index (χ3v) is 17.0. The molecular formula is C62H84ClN7O17S. The Balaban J connectivity index is 1.08. The first-order chi connectivity index (χ1) is 41.6. The number of Topliss-reactive ketones (excluding diaryl/α,β-unsaturated/α-hetero) is 1. The summed E-state index contributed by atoms with van der Waals surface area (Å²) in [5.74, 6) is -5.04. The summed E-state index contributed by atoms with van der Waals surface area (Å²) in [6.07, 6.45) is 1.10. The first kappa shape index (κ1) is 70.2. The van der Waals surface area contributed by atoms with E-state index < -0.39 is 101 Å². The lowest BCUT2D eigenvalue weighted by Crippen LogP contribution is -2.53. The van der Waals surface area contributed by atoms with Crippen LogP contribution < -0.4 is 31.9 Å². The van der Waals surface area contributed by atoms with Gasteiger partial charge in [0.05, 0.1) is 73.5 Å². The van der Waals surface area contributed by atoms with Crippen LogP contribution in [0.25, 0.3) is 0 Å². The van der Waals surface area contributed by atoms with Crippen molar-refractivity contribution in [3.05, 3.63) is 81.4 Å². The number of imide groups is 1. The fraction of sp³-hybridized carbons (Fsp3) is 0.581. The Morgan fingerprint density at radius 1 is 0.943 bits per heavy atom. The van der Waals surface area contributed by atoms with E-state index in [1.165, 1.54) is 12.0 Å².